The lowest BCUT2D eigenvalue weighted by molar-refractivity contribution is -0.123. The monoisotopic (exact) mass is 255 g/mol. The maximum absolute atomic E-state index is 11.6. The molecule has 3 atom stereocenters. The van der Waals surface area contributed by atoms with Gasteiger partial charge in [-0.05, 0) is 5.53 Å². The Kier molecular flexibility index (Phi) is 3.66. The smallest absolute Gasteiger partial charge is 0.326 e. The van der Waals surface area contributed by atoms with E-state index in [0.717, 1.165) is 0 Å². The second kappa shape index (κ2) is 5.21. The highest BCUT2D eigenvalue weighted by molar-refractivity contribution is 5.96. The Morgan fingerprint density at radius 2 is 2.39 bits per heavy atom. The number of ether oxygens (including phenoxy) is 1. The van der Waals surface area contributed by atoms with Gasteiger partial charge in [0.25, 0.3) is 0 Å². The van der Waals surface area contributed by atoms with Gasteiger partial charge in [-0.15, -0.1) is 0 Å². The number of carbonyl (C=O) groups is 2. The Bertz CT molecular complexity index is 408. The van der Waals surface area contributed by atoms with Crippen molar-refractivity contribution in [2.24, 2.45) is 5.11 Å². The van der Waals surface area contributed by atoms with Gasteiger partial charge in [-0.3, -0.25) is 15.0 Å². The fourth-order valence-corrected chi connectivity index (χ4v) is 2.11. The third kappa shape index (κ3) is 2.37. The number of carbonyl (C=O) groups excluding carboxylic acids is 2. The van der Waals surface area contributed by atoms with Gasteiger partial charge in [-0.1, -0.05) is 5.11 Å². The summed E-state index contributed by atoms with van der Waals surface area (Å²) in [5.74, 6) is -0.320. The highest BCUT2D eigenvalue weighted by Crippen LogP contribution is 2.26. The molecule has 18 heavy (non-hydrogen) atoms. The van der Waals surface area contributed by atoms with Gasteiger partial charge in [0.15, 0.2) is 0 Å². The molecule has 2 N–H and O–H groups in total. The molecule has 9 nitrogen and oxygen atoms in total. The molecule has 3 amide bonds. The second-order valence-electron chi connectivity index (χ2n) is 4.12. The van der Waals surface area contributed by atoms with Crippen LogP contribution in [0.25, 0.3) is 10.4 Å². The van der Waals surface area contributed by atoms with E-state index in [1.807, 2.05) is 0 Å². The van der Waals surface area contributed by atoms with Crippen molar-refractivity contribution < 1.29 is 19.4 Å². The Morgan fingerprint density at radius 3 is 3.00 bits per heavy atom. The summed E-state index contributed by atoms with van der Waals surface area (Å²) in [6.07, 6.45) is -0.666. The van der Waals surface area contributed by atoms with E-state index in [4.69, 9.17) is 15.4 Å². The maximum Gasteiger partial charge on any atom is 0.326 e. The molecule has 0 aromatic rings. The molecule has 9 heteroatoms. The Balaban J connectivity index is 2.04. The number of amides is 3. The van der Waals surface area contributed by atoms with E-state index in [1.165, 1.54) is 4.90 Å². The van der Waals surface area contributed by atoms with Crippen molar-refractivity contribution in [3.63, 3.8) is 0 Å². The molecule has 0 bridgehead atoms. The normalized spacial score (nSPS) is 32.1. The number of aliphatic hydroxyl groups excluding tert-OH is 1. The fraction of sp³-hybridized carbons (Fsp3) is 0.778. The molecule has 0 aromatic heterocycles. The average Bonchev–Trinajstić information content (AvgIpc) is 2.72. The van der Waals surface area contributed by atoms with Crippen molar-refractivity contribution in [3.8, 4) is 0 Å². The average molecular weight is 255 g/mol. The summed E-state index contributed by atoms with van der Waals surface area (Å²) in [6, 6.07) is -1.02. The molecule has 2 aliphatic heterocycles. The third-order valence-electron chi connectivity index (χ3n) is 3.02. The van der Waals surface area contributed by atoms with E-state index in [2.05, 4.69) is 15.3 Å². The summed E-state index contributed by atoms with van der Waals surface area (Å²) in [4.78, 5) is 26.7. The quantitative estimate of drug-likeness (QED) is 0.408. The zero-order chi connectivity index (χ0) is 13.1. The summed E-state index contributed by atoms with van der Waals surface area (Å²) in [5, 5.41) is 14.8. The zero-order valence-corrected chi connectivity index (χ0v) is 9.52. The highest BCUT2D eigenvalue weighted by Gasteiger charge is 2.40. The zero-order valence-electron chi connectivity index (χ0n) is 9.52. The Morgan fingerprint density at radius 1 is 1.61 bits per heavy atom. The number of urea groups is 1. The first-order valence-electron chi connectivity index (χ1n) is 5.56. The number of nitrogens with one attached hydrogen (secondary N) is 1. The topological polar surface area (TPSA) is 128 Å². The number of azide groups is 1. The van der Waals surface area contributed by atoms with Crippen molar-refractivity contribution in [3.05, 3.63) is 10.4 Å². The number of rotatable bonds is 3. The molecular weight excluding hydrogens is 242 g/mol. The van der Waals surface area contributed by atoms with Gasteiger partial charge in [-0.25, -0.2) is 4.79 Å². The molecule has 2 fully saturated rings. The number of imide groups is 1. The van der Waals surface area contributed by atoms with Crippen LogP contribution < -0.4 is 5.32 Å². The van der Waals surface area contributed by atoms with Gasteiger partial charge in [0.05, 0.1) is 18.8 Å². The van der Waals surface area contributed by atoms with Crippen molar-refractivity contribution in [2.45, 2.75) is 31.2 Å². The molecule has 2 saturated heterocycles. The van der Waals surface area contributed by atoms with Crippen molar-refractivity contribution in [1.82, 2.24) is 10.2 Å². The first kappa shape index (κ1) is 12.6. The molecule has 0 aliphatic carbocycles. The maximum atomic E-state index is 11.6. The lowest BCUT2D eigenvalue weighted by Gasteiger charge is -2.31. The third-order valence-corrected chi connectivity index (χ3v) is 3.02. The number of hydrogen-bond acceptors (Lipinski definition) is 5. The minimum Gasteiger partial charge on any atom is -0.394 e. The lowest BCUT2D eigenvalue weighted by Crippen LogP contribution is -2.53. The van der Waals surface area contributed by atoms with Crippen molar-refractivity contribution in [2.75, 3.05) is 13.2 Å². The van der Waals surface area contributed by atoms with Crippen molar-refractivity contribution in [1.29, 1.82) is 0 Å². The standard InChI is InChI=1S/C9H13N5O4/c10-13-12-5-3-8(18-6(5)4-15)14-2-1-7(16)11-9(14)17/h5-6,8,15H,1-4H2,(H,11,16,17). The molecule has 3 unspecified atom stereocenters. The van der Waals surface area contributed by atoms with Crippen LogP contribution in [0, 0.1) is 0 Å². The summed E-state index contributed by atoms with van der Waals surface area (Å²) < 4.78 is 5.46. The minimum absolute atomic E-state index is 0.210. The van der Waals surface area contributed by atoms with Gasteiger partial charge < -0.3 is 9.84 Å². The summed E-state index contributed by atoms with van der Waals surface area (Å²) in [7, 11) is 0. The molecular formula is C9H13N5O4. The van der Waals surface area contributed by atoms with Crippen LogP contribution in [0.3, 0.4) is 0 Å². The summed E-state index contributed by atoms with van der Waals surface area (Å²) in [6.45, 7) is -0.0228. The molecule has 98 valence electrons. The van der Waals surface area contributed by atoms with Crippen LogP contribution in [-0.4, -0.2) is 53.5 Å². The SMILES string of the molecule is [N-]=[N+]=NC1CC(N2CCC(=O)NC2=O)OC1CO. The fourth-order valence-electron chi connectivity index (χ4n) is 2.11. The van der Waals surface area contributed by atoms with Gasteiger partial charge in [0.1, 0.15) is 6.23 Å². The van der Waals surface area contributed by atoms with Gasteiger partial charge in [0.2, 0.25) is 5.91 Å². The highest BCUT2D eigenvalue weighted by atomic mass is 16.5. The molecule has 0 saturated carbocycles. The number of hydrogen-bond donors (Lipinski definition) is 2. The van der Waals surface area contributed by atoms with E-state index in [9.17, 15) is 9.59 Å². The second-order valence-corrected chi connectivity index (χ2v) is 4.12. The van der Waals surface area contributed by atoms with Gasteiger partial charge in [-0.2, -0.15) is 0 Å². The molecule has 2 rings (SSSR count). The molecule has 2 heterocycles. The molecule has 0 radical (unpaired) electrons. The van der Waals surface area contributed by atoms with Crippen molar-refractivity contribution >= 4 is 11.9 Å². The van der Waals surface area contributed by atoms with Crippen LogP contribution in [0.5, 0.6) is 0 Å². The van der Waals surface area contributed by atoms with E-state index in [0.29, 0.717) is 6.42 Å². The van der Waals surface area contributed by atoms with Crippen LogP contribution in [0.1, 0.15) is 12.8 Å². The Hall–Kier alpha value is -1.83. The largest absolute Gasteiger partial charge is 0.394 e. The lowest BCUT2D eigenvalue weighted by atomic mass is 10.1. The molecule has 0 spiro atoms. The van der Waals surface area contributed by atoms with E-state index in [-0.39, 0.29) is 25.5 Å². The Labute approximate surface area is 102 Å². The van der Waals surface area contributed by atoms with Crippen LogP contribution in [0.2, 0.25) is 0 Å². The van der Waals surface area contributed by atoms with E-state index < -0.39 is 24.4 Å². The van der Waals surface area contributed by atoms with Crippen LogP contribution >= 0.6 is 0 Å². The van der Waals surface area contributed by atoms with Crippen LogP contribution in [-0.2, 0) is 9.53 Å². The predicted molar refractivity (Wildman–Crippen MR) is 58.2 cm³/mol. The summed E-state index contributed by atoms with van der Waals surface area (Å²) >= 11 is 0. The number of nitrogens with zero attached hydrogens (tertiary/aromatic N) is 4. The molecule has 2 aliphatic rings. The predicted octanol–water partition coefficient (Wildman–Crippen LogP) is -0.285. The van der Waals surface area contributed by atoms with E-state index >= 15 is 0 Å². The number of aliphatic hydroxyl groups is 1. The van der Waals surface area contributed by atoms with Gasteiger partial charge >= 0.3 is 6.03 Å². The van der Waals surface area contributed by atoms with Crippen LogP contribution in [0.4, 0.5) is 4.79 Å². The summed E-state index contributed by atoms with van der Waals surface area (Å²) in [5.41, 5.74) is 8.41. The minimum atomic E-state index is -0.615. The first-order valence-corrected chi connectivity index (χ1v) is 5.56. The first-order chi connectivity index (χ1) is 8.65. The van der Waals surface area contributed by atoms with Gasteiger partial charge in [0, 0.05) is 24.3 Å². The molecule has 0 aromatic carbocycles. The van der Waals surface area contributed by atoms with Crippen LogP contribution in [0.15, 0.2) is 5.11 Å². The van der Waals surface area contributed by atoms with E-state index in [1.54, 1.807) is 0 Å².